The van der Waals surface area contributed by atoms with Gasteiger partial charge >= 0.3 is 0 Å². The van der Waals surface area contributed by atoms with Crippen LogP contribution in [0.1, 0.15) is 12.6 Å². The number of nitrogen functional groups attached to an aromatic ring is 1. The van der Waals surface area contributed by atoms with E-state index in [1.807, 2.05) is 0 Å². The van der Waals surface area contributed by atoms with Gasteiger partial charge in [0.2, 0.25) is 0 Å². The maximum atomic E-state index is 11.2. The predicted molar refractivity (Wildman–Crippen MR) is 72.2 cm³/mol. The van der Waals surface area contributed by atoms with Crippen molar-refractivity contribution >= 4 is 39.5 Å². The lowest BCUT2D eigenvalue weighted by molar-refractivity contribution is 0.986. The molecule has 2 aromatic heterocycles. The van der Waals surface area contributed by atoms with Crippen LogP contribution >= 0.6 is 22.9 Å². The summed E-state index contributed by atoms with van der Waals surface area (Å²) >= 11 is 7.10. The van der Waals surface area contributed by atoms with Crippen molar-refractivity contribution in [3.05, 3.63) is 32.6 Å². The SMILES string of the molecule is C/C(=N\Nc1cn[nH]c(=O)c1Cl)c1csc(N)n1. The first-order valence-electron chi connectivity index (χ1n) is 4.83. The number of anilines is 2. The monoisotopic (exact) mass is 284 g/mol. The van der Waals surface area contributed by atoms with E-state index in [-0.39, 0.29) is 5.02 Å². The number of hydrogen-bond acceptors (Lipinski definition) is 7. The van der Waals surface area contributed by atoms with Gasteiger partial charge in [0.15, 0.2) is 5.13 Å². The van der Waals surface area contributed by atoms with Crippen molar-refractivity contribution < 1.29 is 0 Å². The van der Waals surface area contributed by atoms with Gasteiger partial charge in [0, 0.05) is 5.38 Å². The molecule has 94 valence electrons. The van der Waals surface area contributed by atoms with Crippen LogP contribution in [0.3, 0.4) is 0 Å². The first-order chi connectivity index (χ1) is 8.58. The Morgan fingerprint density at radius 2 is 2.44 bits per heavy atom. The number of halogens is 1. The summed E-state index contributed by atoms with van der Waals surface area (Å²) in [5, 5.41) is 12.1. The van der Waals surface area contributed by atoms with Crippen LogP contribution in [-0.2, 0) is 0 Å². The van der Waals surface area contributed by atoms with Crippen LogP contribution in [0.2, 0.25) is 5.02 Å². The Labute approximate surface area is 111 Å². The van der Waals surface area contributed by atoms with Gasteiger partial charge in [0.1, 0.15) is 10.7 Å². The van der Waals surface area contributed by atoms with Gasteiger partial charge in [-0.05, 0) is 6.92 Å². The van der Waals surface area contributed by atoms with Crippen LogP contribution < -0.4 is 16.7 Å². The van der Waals surface area contributed by atoms with Gasteiger partial charge in [-0.3, -0.25) is 10.2 Å². The lowest BCUT2D eigenvalue weighted by Gasteiger charge is -2.02. The Balaban J connectivity index is 2.20. The highest BCUT2D eigenvalue weighted by Gasteiger charge is 2.05. The highest BCUT2D eigenvalue weighted by atomic mass is 35.5. The van der Waals surface area contributed by atoms with Crippen molar-refractivity contribution in [2.45, 2.75) is 6.92 Å². The smallest absolute Gasteiger partial charge is 0.285 e. The van der Waals surface area contributed by atoms with Crippen molar-refractivity contribution in [1.82, 2.24) is 15.2 Å². The minimum Gasteiger partial charge on any atom is -0.375 e. The zero-order valence-electron chi connectivity index (χ0n) is 9.27. The fraction of sp³-hybridized carbons (Fsp3) is 0.111. The van der Waals surface area contributed by atoms with Crippen LogP contribution in [-0.4, -0.2) is 20.9 Å². The maximum Gasteiger partial charge on any atom is 0.285 e. The molecule has 0 spiro atoms. The number of nitrogens with two attached hydrogens (primary N) is 1. The lowest BCUT2D eigenvalue weighted by Crippen LogP contribution is -2.10. The summed E-state index contributed by atoms with van der Waals surface area (Å²) in [6.07, 6.45) is 1.37. The molecule has 0 amide bonds. The third-order valence-electron chi connectivity index (χ3n) is 2.03. The molecule has 2 aromatic rings. The summed E-state index contributed by atoms with van der Waals surface area (Å²) in [4.78, 5) is 15.3. The van der Waals surface area contributed by atoms with Crippen LogP contribution in [0, 0.1) is 0 Å². The van der Waals surface area contributed by atoms with Gasteiger partial charge in [0.25, 0.3) is 5.56 Å². The second-order valence-electron chi connectivity index (χ2n) is 3.31. The molecule has 0 atom stereocenters. The number of hydrogen-bond donors (Lipinski definition) is 3. The Morgan fingerprint density at radius 3 is 3.11 bits per heavy atom. The molecule has 2 heterocycles. The zero-order valence-corrected chi connectivity index (χ0v) is 10.8. The van der Waals surface area contributed by atoms with E-state index in [4.69, 9.17) is 17.3 Å². The third kappa shape index (κ3) is 2.66. The molecule has 9 heteroatoms. The molecule has 0 unspecified atom stereocenters. The number of nitrogens with zero attached hydrogens (tertiary/aromatic N) is 3. The number of aromatic nitrogens is 3. The van der Waals surface area contributed by atoms with Crippen molar-refractivity contribution in [1.29, 1.82) is 0 Å². The fourth-order valence-corrected chi connectivity index (χ4v) is 1.86. The van der Waals surface area contributed by atoms with Crippen LogP contribution in [0.5, 0.6) is 0 Å². The molecule has 4 N–H and O–H groups in total. The molecule has 0 saturated heterocycles. The van der Waals surface area contributed by atoms with E-state index in [1.165, 1.54) is 17.5 Å². The van der Waals surface area contributed by atoms with Crippen molar-refractivity contribution in [3.63, 3.8) is 0 Å². The van der Waals surface area contributed by atoms with Gasteiger partial charge in [0.05, 0.1) is 17.6 Å². The van der Waals surface area contributed by atoms with Crippen molar-refractivity contribution in [3.8, 4) is 0 Å². The second kappa shape index (κ2) is 5.15. The number of aromatic amines is 1. The minimum absolute atomic E-state index is 0.000610. The van der Waals surface area contributed by atoms with Gasteiger partial charge < -0.3 is 5.73 Å². The van der Waals surface area contributed by atoms with Gasteiger partial charge in [-0.1, -0.05) is 11.6 Å². The number of rotatable bonds is 3. The molecule has 0 aromatic carbocycles. The number of hydrazone groups is 1. The summed E-state index contributed by atoms with van der Waals surface area (Å²) in [7, 11) is 0. The largest absolute Gasteiger partial charge is 0.375 e. The standard InChI is InChI=1S/C9H9ClN6OS/c1-4(6-3-18-9(11)13-6)14-15-5-2-12-16-8(17)7(5)10/h2-3H,1H3,(H2,11,13)(H2,15,16,17)/b14-4+. The molecule has 0 aliphatic rings. The molecule has 18 heavy (non-hydrogen) atoms. The van der Waals surface area contributed by atoms with E-state index in [1.54, 1.807) is 12.3 Å². The number of H-pyrrole nitrogens is 1. The number of nitrogens with one attached hydrogen (secondary N) is 2. The first-order valence-corrected chi connectivity index (χ1v) is 6.08. The molecule has 0 bridgehead atoms. The van der Waals surface area contributed by atoms with E-state index >= 15 is 0 Å². The van der Waals surface area contributed by atoms with Crippen molar-refractivity contribution in [2.75, 3.05) is 11.2 Å². The van der Waals surface area contributed by atoms with Crippen molar-refractivity contribution in [2.24, 2.45) is 5.10 Å². The Bertz CT molecular complexity index is 649. The summed E-state index contributed by atoms with van der Waals surface area (Å²) in [5.41, 5.74) is 9.31. The molecule has 0 aliphatic heterocycles. The molecule has 7 nitrogen and oxygen atoms in total. The molecule has 0 aliphatic carbocycles. The molecular formula is C9H9ClN6OS. The fourth-order valence-electron chi connectivity index (χ4n) is 1.12. The number of thiazole rings is 1. The third-order valence-corrected chi connectivity index (χ3v) is 3.08. The van der Waals surface area contributed by atoms with E-state index < -0.39 is 5.56 Å². The molecule has 0 radical (unpaired) electrons. The Morgan fingerprint density at radius 1 is 1.67 bits per heavy atom. The lowest BCUT2D eigenvalue weighted by atomic mass is 10.3. The highest BCUT2D eigenvalue weighted by molar-refractivity contribution is 7.13. The molecular weight excluding hydrogens is 276 g/mol. The van der Waals surface area contributed by atoms with Gasteiger partial charge in [-0.25, -0.2) is 10.1 Å². The quantitative estimate of drug-likeness (QED) is 0.581. The van der Waals surface area contributed by atoms with E-state index in [9.17, 15) is 4.79 Å². The predicted octanol–water partition coefficient (Wildman–Crippen LogP) is 1.30. The van der Waals surface area contributed by atoms with Gasteiger partial charge in [-0.2, -0.15) is 10.2 Å². The molecule has 0 saturated carbocycles. The maximum absolute atomic E-state index is 11.2. The summed E-state index contributed by atoms with van der Waals surface area (Å²) in [6, 6.07) is 0. The summed E-state index contributed by atoms with van der Waals surface area (Å²) in [5.74, 6) is 0. The van der Waals surface area contributed by atoms with Crippen LogP contribution in [0.4, 0.5) is 10.8 Å². The Kier molecular flexibility index (Phi) is 3.58. The van der Waals surface area contributed by atoms with Gasteiger partial charge in [-0.15, -0.1) is 11.3 Å². The first kappa shape index (κ1) is 12.5. The van der Waals surface area contributed by atoms with E-state index in [0.29, 0.717) is 22.2 Å². The van der Waals surface area contributed by atoms with E-state index in [2.05, 4.69) is 25.7 Å². The summed E-state index contributed by atoms with van der Waals surface area (Å²) < 4.78 is 0. The van der Waals surface area contributed by atoms with E-state index in [0.717, 1.165) is 0 Å². The molecule has 2 rings (SSSR count). The average molecular weight is 285 g/mol. The highest BCUT2D eigenvalue weighted by Crippen LogP contribution is 2.15. The Hall–Kier alpha value is -1.93. The average Bonchev–Trinajstić information content (AvgIpc) is 2.77. The summed E-state index contributed by atoms with van der Waals surface area (Å²) in [6.45, 7) is 1.76. The normalized spacial score (nSPS) is 11.6. The van der Waals surface area contributed by atoms with Crippen LogP contribution in [0.15, 0.2) is 21.5 Å². The minimum atomic E-state index is -0.479. The topological polar surface area (TPSA) is 109 Å². The zero-order chi connectivity index (χ0) is 13.1. The molecule has 0 fully saturated rings. The van der Waals surface area contributed by atoms with Crippen LogP contribution in [0.25, 0.3) is 0 Å². The second-order valence-corrected chi connectivity index (χ2v) is 4.57.